The number of aromatic nitrogens is 2. The van der Waals surface area contributed by atoms with Gasteiger partial charge in [0.25, 0.3) is 5.91 Å². The molecule has 0 radical (unpaired) electrons. The van der Waals surface area contributed by atoms with E-state index in [1.165, 1.54) is 18.3 Å². The minimum Gasteiger partial charge on any atom is -0.497 e. The van der Waals surface area contributed by atoms with Crippen LogP contribution in [0, 0.1) is 5.82 Å². The van der Waals surface area contributed by atoms with Crippen LogP contribution in [0.15, 0.2) is 55.0 Å². The van der Waals surface area contributed by atoms with Gasteiger partial charge >= 0.3 is 0 Å². The second-order valence-electron chi connectivity index (χ2n) is 7.54. The third kappa shape index (κ3) is 4.86. The average Bonchev–Trinajstić information content (AvgIpc) is 3.43. The van der Waals surface area contributed by atoms with Crippen LogP contribution in [-0.2, 0) is 6.54 Å². The van der Waals surface area contributed by atoms with Gasteiger partial charge < -0.3 is 14.8 Å². The molecule has 3 aromatic rings. The van der Waals surface area contributed by atoms with E-state index in [0.717, 1.165) is 43.1 Å². The van der Waals surface area contributed by atoms with Gasteiger partial charge in [0.15, 0.2) is 0 Å². The summed E-state index contributed by atoms with van der Waals surface area (Å²) in [7, 11) is 3.27. The van der Waals surface area contributed by atoms with Crippen molar-refractivity contribution in [2.75, 3.05) is 27.3 Å². The largest absolute Gasteiger partial charge is 0.497 e. The number of ether oxygens (including phenoxy) is 2. The van der Waals surface area contributed by atoms with E-state index < -0.39 is 0 Å². The summed E-state index contributed by atoms with van der Waals surface area (Å²) >= 11 is 0. The van der Waals surface area contributed by atoms with E-state index >= 15 is 0 Å². The van der Waals surface area contributed by atoms with Crippen LogP contribution in [0.3, 0.4) is 0 Å². The lowest BCUT2D eigenvalue weighted by Gasteiger charge is -2.18. The molecule has 31 heavy (non-hydrogen) atoms. The van der Waals surface area contributed by atoms with Crippen molar-refractivity contribution >= 4 is 5.91 Å². The molecule has 1 atom stereocenters. The van der Waals surface area contributed by atoms with Gasteiger partial charge in [0.2, 0.25) is 0 Å². The molecule has 0 aliphatic carbocycles. The first-order valence-corrected chi connectivity index (χ1v) is 10.1. The topological polar surface area (TPSA) is 68.6 Å². The quantitative estimate of drug-likeness (QED) is 0.632. The van der Waals surface area contributed by atoms with Gasteiger partial charge in [0.1, 0.15) is 23.0 Å². The van der Waals surface area contributed by atoms with E-state index in [1.807, 2.05) is 18.2 Å². The van der Waals surface area contributed by atoms with Gasteiger partial charge in [-0.1, -0.05) is 0 Å². The monoisotopic (exact) mass is 424 g/mol. The van der Waals surface area contributed by atoms with Crippen molar-refractivity contribution in [3.05, 3.63) is 72.1 Å². The summed E-state index contributed by atoms with van der Waals surface area (Å²) in [6.07, 6.45) is 3.94. The van der Waals surface area contributed by atoms with Gasteiger partial charge in [0, 0.05) is 37.4 Å². The molecule has 1 N–H and O–H groups in total. The zero-order valence-electron chi connectivity index (χ0n) is 17.5. The van der Waals surface area contributed by atoms with Crippen LogP contribution >= 0.6 is 0 Å². The molecule has 1 aliphatic rings. The third-order valence-electron chi connectivity index (χ3n) is 5.40. The molecule has 1 aromatic heterocycles. The first-order valence-electron chi connectivity index (χ1n) is 10.1. The lowest BCUT2D eigenvalue weighted by Crippen LogP contribution is -2.37. The van der Waals surface area contributed by atoms with Crippen molar-refractivity contribution in [1.82, 2.24) is 19.8 Å². The van der Waals surface area contributed by atoms with E-state index in [1.54, 1.807) is 37.2 Å². The minimum absolute atomic E-state index is 0.0385. The summed E-state index contributed by atoms with van der Waals surface area (Å²) in [5.74, 6) is 0.992. The maximum absolute atomic E-state index is 13.2. The maximum Gasteiger partial charge on any atom is 0.270 e. The lowest BCUT2D eigenvalue weighted by atomic mass is 10.2. The Hall–Kier alpha value is -3.39. The van der Waals surface area contributed by atoms with Crippen molar-refractivity contribution < 1.29 is 18.7 Å². The van der Waals surface area contributed by atoms with Crippen LogP contribution in [0.5, 0.6) is 11.5 Å². The number of nitrogens with one attached hydrogen (secondary N) is 1. The fraction of sp³-hybridized carbons (Fsp3) is 0.304. The van der Waals surface area contributed by atoms with Crippen molar-refractivity contribution in [3.63, 3.8) is 0 Å². The van der Waals surface area contributed by atoms with E-state index in [-0.39, 0.29) is 17.8 Å². The van der Waals surface area contributed by atoms with Gasteiger partial charge in [-0.3, -0.25) is 14.3 Å². The van der Waals surface area contributed by atoms with Gasteiger partial charge in [-0.25, -0.2) is 9.37 Å². The molecule has 1 unspecified atom stereocenters. The molecular formula is C23H25FN4O3. The van der Waals surface area contributed by atoms with Crippen molar-refractivity contribution in [1.29, 1.82) is 0 Å². The number of nitrogens with zero attached hydrogens (tertiary/aromatic N) is 3. The van der Waals surface area contributed by atoms with Gasteiger partial charge in [0.05, 0.1) is 26.7 Å². The molecule has 2 aromatic carbocycles. The molecule has 8 heteroatoms. The highest BCUT2D eigenvalue weighted by molar-refractivity contribution is 5.93. The highest BCUT2D eigenvalue weighted by Crippen LogP contribution is 2.24. The second kappa shape index (κ2) is 9.18. The summed E-state index contributed by atoms with van der Waals surface area (Å²) < 4.78 is 25.6. The van der Waals surface area contributed by atoms with Crippen LogP contribution in [0.25, 0.3) is 5.69 Å². The van der Waals surface area contributed by atoms with Crippen LogP contribution in [0.2, 0.25) is 0 Å². The number of imidazole rings is 1. The summed E-state index contributed by atoms with van der Waals surface area (Å²) in [5.41, 5.74) is 2.20. The highest BCUT2D eigenvalue weighted by Gasteiger charge is 2.25. The number of likely N-dealkylation sites (tertiary alicyclic amines) is 1. The van der Waals surface area contributed by atoms with Gasteiger partial charge in [-0.2, -0.15) is 0 Å². The summed E-state index contributed by atoms with van der Waals surface area (Å²) in [6.45, 7) is 2.37. The van der Waals surface area contributed by atoms with Crippen LogP contribution < -0.4 is 14.8 Å². The zero-order chi connectivity index (χ0) is 21.8. The van der Waals surface area contributed by atoms with E-state index in [2.05, 4.69) is 15.2 Å². The number of carbonyl (C=O) groups is 1. The molecule has 1 aliphatic heterocycles. The molecule has 7 nitrogen and oxygen atoms in total. The van der Waals surface area contributed by atoms with Crippen molar-refractivity contribution in [3.8, 4) is 17.2 Å². The normalized spacial score (nSPS) is 16.3. The first-order chi connectivity index (χ1) is 15.1. The molecule has 4 rings (SSSR count). The zero-order valence-corrected chi connectivity index (χ0v) is 17.5. The Labute approximate surface area is 180 Å². The minimum atomic E-state index is -0.324. The molecule has 1 fully saturated rings. The van der Waals surface area contributed by atoms with Crippen LogP contribution in [0.4, 0.5) is 4.39 Å². The molecule has 1 amide bonds. The Kier molecular flexibility index (Phi) is 6.18. The molecule has 2 heterocycles. The summed E-state index contributed by atoms with van der Waals surface area (Å²) in [4.78, 5) is 19.2. The number of methoxy groups -OCH3 is 2. The Morgan fingerprint density at radius 3 is 2.55 bits per heavy atom. The number of rotatable bonds is 7. The number of carbonyl (C=O) groups excluding carboxylic acids is 1. The predicted molar refractivity (Wildman–Crippen MR) is 114 cm³/mol. The number of amides is 1. The van der Waals surface area contributed by atoms with Gasteiger partial charge in [-0.15, -0.1) is 0 Å². The van der Waals surface area contributed by atoms with Crippen LogP contribution in [-0.4, -0.2) is 53.7 Å². The summed E-state index contributed by atoms with van der Waals surface area (Å²) in [5, 5.41) is 3.10. The first kappa shape index (κ1) is 20.9. The SMILES string of the molecule is COc1cc(CN2CCC(NC(=O)c3cncn3-c3ccc(F)cc3)C2)cc(OC)c1. The molecular weight excluding hydrogens is 399 g/mol. The fourth-order valence-corrected chi connectivity index (χ4v) is 3.84. The van der Waals surface area contributed by atoms with Crippen molar-refractivity contribution in [2.45, 2.75) is 19.0 Å². The molecule has 1 saturated heterocycles. The Morgan fingerprint density at radius 1 is 1.16 bits per heavy atom. The van der Waals surface area contributed by atoms with Crippen LogP contribution in [0.1, 0.15) is 22.5 Å². The average molecular weight is 424 g/mol. The molecule has 0 saturated carbocycles. The van der Waals surface area contributed by atoms with E-state index in [4.69, 9.17) is 9.47 Å². The van der Waals surface area contributed by atoms with E-state index in [0.29, 0.717) is 11.4 Å². The number of benzene rings is 2. The second-order valence-corrected chi connectivity index (χ2v) is 7.54. The Morgan fingerprint density at radius 2 is 1.87 bits per heavy atom. The Bertz CT molecular complexity index is 1030. The number of hydrogen-bond donors (Lipinski definition) is 1. The standard InChI is InChI=1S/C23H25FN4O3/c1-30-20-9-16(10-21(11-20)31-2)13-27-8-7-18(14-27)26-23(29)22-12-25-15-28(22)19-5-3-17(24)4-6-19/h3-6,9-12,15,18H,7-8,13-14H2,1-2H3,(H,26,29). The third-order valence-corrected chi connectivity index (χ3v) is 5.40. The lowest BCUT2D eigenvalue weighted by molar-refractivity contribution is 0.0930. The Balaban J connectivity index is 1.38. The van der Waals surface area contributed by atoms with Gasteiger partial charge in [-0.05, 0) is 48.4 Å². The van der Waals surface area contributed by atoms with Crippen molar-refractivity contribution in [2.24, 2.45) is 0 Å². The number of hydrogen-bond acceptors (Lipinski definition) is 5. The molecule has 0 bridgehead atoms. The highest BCUT2D eigenvalue weighted by atomic mass is 19.1. The molecule has 162 valence electrons. The predicted octanol–water partition coefficient (Wildman–Crippen LogP) is 3.03. The smallest absolute Gasteiger partial charge is 0.270 e. The fourth-order valence-electron chi connectivity index (χ4n) is 3.84. The summed E-state index contributed by atoms with van der Waals surface area (Å²) in [6, 6.07) is 11.8. The van der Waals surface area contributed by atoms with E-state index in [9.17, 15) is 9.18 Å². The number of halogens is 1. The maximum atomic E-state index is 13.2. The molecule has 0 spiro atoms.